The van der Waals surface area contributed by atoms with E-state index in [0.29, 0.717) is 18.8 Å². The molecule has 4 rings (SSSR count). The maximum atomic E-state index is 12.6. The van der Waals surface area contributed by atoms with Crippen molar-refractivity contribution in [1.29, 1.82) is 0 Å². The van der Waals surface area contributed by atoms with Crippen molar-refractivity contribution in [1.82, 2.24) is 24.6 Å². The molecule has 1 amide bonds. The number of aryl methyl sites for hydroxylation is 2. The summed E-state index contributed by atoms with van der Waals surface area (Å²) in [5.41, 5.74) is 1.78. The Bertz CT molecular complexity index is 904. The van der Waals surface area contributed by atoms with Gasteiger partial charge in [0, 0.05) is 31.9 Å². The van der Waals surface area contributed by atoms with Crippen LogP contribution in [0.2, 0.25) is 0 Å². The maximum absolute atomic E-state index is 12.6. The number of amides is 1. The van der Waals surface area contributed by atoms with Crippen molar-refractivity contribution in [2.45, 2.75) is 25.9 Å². The van der Waals surface area contributed by atoms with Gasteiger partial charge < -0.3 is 14.8 Å². The molecule has 0 aliphatic carbocycles. The van der Waals surface area contributed by atoms with Gasteiger partial charge in [0.15, 0.2) is 11.0 Å². The molecule has 0 unspecified atom stereocenters. The molecule has 0 radical (unpaired) electrons. The number of benzene rings is 1. The highest BCUT2D eigenvalue weighted by atomic mass is 32.1. The molecule has 1 aromatic carbocycles. The highest BCUT2D eigenvalue weighted by molar-refractivity contribution is 7.13. The molecule has 0 spiro atoms. The molecule has 1 aliphatic rings. The van der Waals surface area contributed by atoms with E-state index in [1.54, 1.807) is 17.3 Å². The van der Waals surface area contributed by atoms with E-state index in [0.717, 1.165) is 36.2 Å². The molecule has 7 nitrogen and oxygen atoms in total. The fourth-order valence-corrected chi connectivity index (χ4v) is 3.77. The van der Waals surface area contributed by atoms with Gasteiger partial charge in [0.2, 0.25) is 0 Å². The smallest absolute Gasteiger partial charge is 0.273 e. The SMILES string of the molecule is CNc1nc(C(=O)N2CCn3c(CCc4ccccc4)nnc3C2)cs1. The second-order valence-electron chi connectivity index (χ2n) is 6.18. The van der Waals surface area contributed by atoms with Crippen LogP contribution in [0.25, 0.3) is 0 Å². The molecule has 8 heteroatoms. The minimum atomic E-state index is -0.0529. The first-order valence-corrected chi connectivity index (χ1v) is 9.50. The first-order chi connectivity index (χ1) is 12.7. The monoisotopic (exact) mass is 368 g/mol. The Morgan fingerprint density at radius 3 is 2.81 bits per heavy atom. The van der Waals surface area contributed by atoms with Crippen molar-refractivity contribution >= 4 is 22.4 Å². The van der Waals surface area contributed by atoms with E-state index in [2.05, 4.69) is 49.3 Å². The third-order valence-electron chi connectivity index (χ3n) is 4.53. The number of hydrogen-bond acceptors (Lipinski definition) is 6. The van der Waals surface area contributed by atoms with Gasteiger partial charge >= 0.3 is 0 Å². The van der Waals surface area contributed by atoms with Crippen LogP contribution >= 0.6 is 11.3 Å². The highest BCUT2D eigenvalue weighted by Gasteiger charge is 2.26. The number of carbonyl (C=O) groups excluding carboxylic acids is 1. The molecule has 0 fully saturated rings. The van der Waals surface area contributed by atoms with E-state index in [9.17, 15) is 4.79 Å². The van der Waals surface area contributed by atoms with Crippen molar-refractivity contribution in [3.05, 3.63) is 58.6 Å². The first-order valence-electron chi connectivity index (χ1n) is 8.62. The summed E-state index contributed by atoms with van der Waals surface area (Å²) in [5.74, 6) is 1.78. The number of carbonyl (C=O) groups is 1. The predicted molar refractivity (Wildman–Crippen MR) is 100 cm³/mol. The molecule has 3 aromatic rings. The summed E-state index contributed by atoms with van der Waals surface area (Å²) in [6, 6.07) is 10.4. The fourth-order valence-electron chi connectivity index (χ4n) is 3.13. The van der Waals surface area contributed by atoms with Crippen LogP contribution in [0.1, 0.15) is 27.7 Å². The fraction of sp³-hybridized carbons (Fsp3) is 0.333. The van der Waals surface area contributed by atoms with Gasteiger partial charge in [0.1, 0.15) is 11.5 Å². The normalized spacial score (nSPS) is 13.5. The second-order valence-corrected chi connectivity index (χ2v) is 7.04. The van der Waals surface area contributed by atoms with E-state index in [4.69, 9.17) is 0 Å². The summed E-state index contributed by atoms with van der Waals surface area (Å²) in [6.45, 7) is 1.85. The van der Waals surface area contributed by atoms with Crippen LogP contribution in [-0.4, -0.2) is 44.1 Å². The molecule has 3 heterocycles. The zero-order chi connectivity index (χ0) is 17.9. The number of hydrogen-bond donors (Lipinski definition) is 1. The topological polar surface area (TPSA) is 75.9 Å². The molecular weight excluding hydrogens is 348 g/mol. The Hall–Kier alpha value is -2.74. The lowest BCUT2D eigenvalue weighted by Gasteiger charge is -2.27. The van der Waals surface area contributed by atoms with Gasteiger partial charge in [-0.1, -0.05) is 30.3 Å². The minimum Gasteiger partial charge on any atom is -0.365 e. The molecule has 1 N–H and O–H groups in total. The lowest BCUT2D eigenvalue weighted by atomic mass is 10.1. The van der Waals surface area contributed by atoms with Crippen LogP contribution in [0.5, 0.6) is 0 Å². The Balaban J connectivity index is 1.43. The van der Waals surface area contributed by atoms with Crippen LogP contribution in [0.4, 0.5) is 5.13 Å². The lowest BCUT2D eigenvalue weighted by molar-refractivity contribution is 0.0701. The van der Waals surface area contributed by atoms with Gasteiger partial charge in [-0.3, -0.25) is 4.79 Å². The number of nitrogens with zero attached hydrogens (tertiary/aromatic N) is 5. The van der Waals surface area contributed by atoms with E-state index in [1.807, 2.05) is 6.07 Å². The average Bonchev–Trinajstić information content (AvgIpc) is 3.33. The molecular formula is C18H20N6OS. The summed E-state index contributed by atoms with van der Waals surface area (Å²) in [5, 5.41) is 14.2. The number of rotatable bonds is 5. The predicted octanol–water partition coefficient (Wildman–Crippen LogP) is 2.22. The van der Waals surface area contributed by atoms with Crippen LogP contribution < -0.4 is 5.32 Å². The third-order valence-corrected chi connectivity index (χ3v) is 5.39. The summed E-state index contributed by atoms with van der Waals surface area (Å²) < 4.78 is 2.15. The highest BCUT2D eigenvalue weighted by Crippen LogP contribution is 2.19. The molecule has 1 aliphatic heterocycles. The van der Waals surface area contributed by atoms with Crippen molar-refractivity contribution in [2.24, 2.45) is 0 Å². The van der Waals surface area contributed by atoms with Crippen molar-refractivity contribution in [3.63, 3.8) is 0 Å². The van der Waals surface area contributed by atoms with Gasteiger partial charge in [0.05, 0.1) is 6.54 Å². The van der Waals surface area contributed by atoms with E-state index >= 15 is 0 Å². The summed E-state index contributed by atoms with van der Waals surface area (Å²) in [7, 11) is 1.80. The summed E-state index contributed by atoms with van der Waals surface area (Å²) in [4.78, 5) is 18.7. The maximum Gasteiger partial charge on any atom is 0.273 e. The zero-order valence-corrected chi connectivity index (χ0v) is 15.4. The Morgan fingerprint density at radius 2 is 2.04 bits per heavy atom. The van der Waals surface area contributed by atoms with Gasteiger partial charge in [-0.05, 0) is 12.0 Å². The second kappa shape index (κ2) is 7.25. The molecule has 0 atom stereocenters. The van der Waals surface area contributed by atoms with Crippen LogP contribution in [0.15, 0.2) is 35.7 Å². The number of nitrogens with one attached hydrogen (secondary N) is 1. The van der Waals surface area contributed by atoms with Gasteiger partial charge in [0.25, 0.3) is 5.91 Å². The van der Waals surface area contributed by atoms with E-state index in [-0.39, 0.29) is 5.91 Å². The zero-order valence-electron chi connectivity index (χ0n) is 14.6. The van der Waals surface area contributed by atoms with Crippen LogP contribution in [-0.2, 0) is 25.9 Å². The molecule has 0 bridgehead atoms. The quantitative estimate of drug-likeness (QED) is 0.747. The van der Waals surface area contributed by atoms with Gasteiger partial charge in [-0.25, -0.2) is 4.98 Å². The summed E-state index contributed by atoms with van der Waals surface area (Å²) >= 11 is 1.43. The molecule has 0 saturated heterocycles. The van der Waals surface area contributed by atoms with Crippen LogP contribution in [0.3, 0.4) is 0 Å². The Labute approximate surface area is 155 Å². The number of aromatic nitrogens is 4. The lowest BCUT2D eigenvalue weighted by Crippen LogP contribution is -2.39. The standard InChI is InChI=1S/C18H20N6OS/c1-19-18-20-14(12-26-18)17(25)23-9-10-24-15(21-22-16(24)11-23)8-7-13-5-3-2-4-6-13/h2-6,12H,7-11H2,1H3,(H,19,20). The molecule has 26 heavy (non-hydrogen) atoms. The van der Waals surface area contributed by atoms with Crippen molar-refractivity contribution in [2.75, 3.05) is 18.9 Å². The third kappa shape index (κ3) is 3.32. The van der Waals surface area contributed by atoms with Crippen molar-refractivity contribution < 1.29 is 4.79 Å². The van der Waals surface area contributed by atoms with Gasteiger partial charge in [-0.2, -0.15) is 0 Å². The number of anilines is 1. The van der Waals surface area contributed by atoms with Gasteiger partial charge in [-0.15, -0.1) is 21.5 Å². The number of thiazole rings is 1. The first kappa shape index (κ1) is 16.7. The molecule has 0 saturated carbocycles. The van der Waals surface area contributed by atoms with Crippen molar-refractivity contribution in [3.8, 4) is 0 Å². The minimum absolute atomic E-state index is 0.0529. The number of fused-ring (bicyclic) bond motifs is 1. The molecule has 2 aromatic heterocycles. The van der Waals surface area contributed by atoms with Crippen LogP contribution in [0, 0.1) is 0 Å². The summed E-state index contributed by atoms with van der Waals surface area (Å²) in [6.07, 6.45) is 1.79. The average molecular weight is 368 g/mol. The van der Waals surface area contributed by atoms with E-state index in [1.165, 1.54) is 16.9 Å². The Morgan fingerprint density at radius 1 is 1.19 bits per heavy atom. The molecule has 134 valence electrons. The Kier molecular flexibility index (Phi) is 4.66. The largest absolute Gasteiger partial charge is 0.365 e. The van der Waals surface area contributed by atoms with E-state index < -0.39 is 0 Å².